The molecule has 0 rings (SSSR count). The zero-order chi connectivity index (χ0) is 20.2. The molecule has 0 heterocycles. The second-order valence-corrected chi connectivity index (χ2v) is 7.64. The fourth-order valence-electron chi connectivity index (χ4n) is 3.40. The highest BCUT2D eigenvalue weighted by atomic mass is 16.6. The fraction of sp³-hybridized carbons (Fsp3) is 0.875. The highest BCUT2D eigenvalue weighted by Gasteiger charge is 2.14. The lowest BCUT2D eigenvalue weighted by molar-refractivity contribution is -0.157. The molecule has 0 radical (unpaired) electrons. The third kappa shape index (κ3) is 17.0. The molecule has 0 bridgehead atoms. The maximum Gasteiger partial charge on any atom is 0.307 e. The summed E-state index contributed by atoms with van der Waals surface area (Å²) in [5, 5.41) is 0. The molecule has 0 saturated heterocycles. The van der Waals surface area contributed by atoms with E-state index in [9.17, 15) is 4.79 Å². The summed E-state index contributed by atoms with van der Waals surface area (Å²) in [5.41, 5.74) is 0. The molecule has 0 aliphatic carbocycles. The van der Waals surface area contributed by atoms with Gasteiger partial charge in [0.1, 0.15) is 0 Å². The number of nitrogens with zero attached hydrogens (tertiary/aromatic N) is 1. The Kier molecular flexibility index (Phi) is 19.3. The number of allylic oxidation sites excluding steroid dienone is 2. The van der Waals surface area contributed by atoms with Gasteiger partial charge in [-0.1, -0.05) is 84.3 Å². The first-order valence-corrected chi connectivity index (χ1v) is 11.7. The van der Waals surface area contributed by atoms with Crippen molar-refractivity contribution in [2.75, 3.05) is 13.1 Å². The molecular formula is C24H47NO2. The van der Waals surface area contributed by atoms with Crippen LogP contribution in [0, 0.1) is 0 Å². The number of rotatable bonds is 19. The molecule has 3 nitrogen and oxygen atoms in total. The van der Waals surface area contributed by atoms with E-state index in [-0.39, 0.29) is 12.2 Å². The predicted octanol–water partition coefficient (Wildman–Crippen LogP) is 7.25. The van der Waals surface area contributed by atoms with Gasteiger partial charge in [-0.15, -0.1) is 0 Å². The molecule has 0 amide bonds. The number of ether oxygens (including phenoxy) is 1. The van der Waals surface area contributed by atoms with E-state index in [1.54, 1.807) is 0 Å². The van der Waals surface area contributed by atoms with Crippen molar-refractivity contribution in [3.05, 3.63) is 12.2 Å². The van der Waals surface area contributed by atoms with Crippen LogP contribution in [-0.4, -0.2) is 30.2 Å². The van der Waals surface area contributed by atoms with Crippen LogP contribution in [0.2, 0.25) is 0 Å². The summed E-state index contributed by atoms with van der Waals surface area (Å²) in [5.74, 6) is -0.0490. The van der Waals surface area contributed by atoms with Crippen LogP contribution in [0.4, 0.5) is 0 Å². The quantitative estimate of drug-likeness (QED) is 0.102. The zero-order valence-electron chi connectivity index (χ0n) is 18.8. The van der Waals surface area contributed by atoms with Crippen LogP contribution in [-0.2, 0) is 9.53 Å². The summed E-state index contributed by atoms with van der Waals surface area (Å²) in [7, 11) is 0. The first-order valence-electron chi connectivity index (χ1n) is 11.7. The van der Waals surface area contributed by atoms with Crippen LogP contribution in [0.5, 0.6) is 0 Å². The summed E-state index contributed by atoms with van der Waals surface area (Å²) in [4.78, 5) is 14.0. The van der Waals surface area contributed by atoms with E-state index in [1.165, 1.54) is 70.6 Å². The summed E-state index contributed by atoms with van der Waals surface area (Å²) in [6.07, 6.45) is 21.8. The van der Waals surface area contributed by atoms with Crippen LogP contribution >= 0.6 is 0 Å². The predicted molar refractivity (Wildman–Crippen MR) is 118 cm³/mol. The van der Waals surface area contributed by atoms with E-state index >= 15 is 0 Å². The third-order valence-electron chi connectivity index (χ3n) is 5.27. The number of hydrogen-bond acceptors (Lipinski definition) is 3. The third-order valence-corrected chi connectivity index (χ3v) is 5.27. The molecule has 160 valence electrons. The number of esters is 1. The van der Waals surface area contributed by atoms with Gasteiger partial charge in [-0.2, -0.15) is 0 Å². The lowest BCUT2D eigenvalue weighted by atomic mass is 10.1. The monoisotopic (exact) mass is 381 g/mol. The van der Waals surface area contributed by atoms with E-state index in [1.807, 2.05) is 6.92 Å². The van der Waals surface area contributed by atoms with E-state index < -0.39 is 0 Å². The Morgan fingerprint density at radius 3 is 1.78 bits per heavy atom. The Labute approximate surface area is 169 Å². The average molecular weight is 382 g/mol. The Balaban J connectivity index is 3.39. The van der Waals surface area contributed by atoms with Crippen molar-refractivity contribution in [3.63, 3.8) is 0 Å². The molecule has 3 heteroatoms. The Morgan fingerprint density at radius 1 is 0.778 bits per heavy atom. The standard InChI is InChI=1S/C24H47NO2/c1-5-8-9-10-11-12-13-14-15-16-17-18-19-20-21-22-24(26)27-23(4)25(6-2)7-3/h14-15,23H,5-13,16-22H2,1-4H3/b15-14-. The molecule has 0 aliphatic heterocycles. The molecular weight excluding hydrogens is 334 g/mol. The van der Waals surface area contributed by atoms with Crippen molar-refractivity contribution >= 4 is 5.97 Å². The van der Waals surface area contributed by atoms with Crippen LogP contribution < -0.4 is 0 Å². The highest BCUT2D eigenvalue weighted by Crippen LogP contribution is 2.11. The van der Waals surface area contributed by atoms with E-state index in [0.29, 0.717) is 6.42 Å². The minimum absolute atomic E-state index is 0.0490. The van der Waals surface area contributed by atoms with Gasteiger partial charge in [0.15, 0.2) is 6.23 Å². The van der Waals surface area contributed by atoms with Gasteiger partial charge in [0.05, 0.1) is 0 Å². The summed E-state index contributed by atoms with van der Waals surface area (Å²) >= 11 is 0. The Bertz CT molecular complexity index is 350. The first-order chi connectivity index (χ1) is 13.2. The minimum Gasteiger partial charge on any atom is -0.447 e. The van der Waals surface area contributed by atoms with Gasteiger partial charge in [-0.25, -0.2) is 0 Å². The van der Waals surface area contributed by atoms with Gasteiger partial charge in [0, 0.05) is 6.42 Å². The lowest BCUT2D eigenvalue weighted by Crippen LogP contribution is -2.36. The van der Waals surface area contributed by atoms with E-state index in [0.717, 1.165) is 25.9 Å². The van der Waals surface area contributed by atoms with Crippen molar-refractivity contribution in [2.24, 2.45) is 0 Å². The van der Waals surface area contributed by atoms with Gasteiger partial charge in [0.2, 0.25) is 0 Å². The van der Waals surface area contributed by atoms with Gasteiger partial charge < -0.3 is 4.74 Å². The van der Waals surface area contributed by atoms with Gasteiger partial charge >= 0.3 is 5.97 Å². The number of carbonyl (C=O) groups is 1. The number of carbonyl (C=O) groups excluding carboxylic acids is 1. The molecule has 0 spiro atoms. The normalized spacial score (nSPS) is 12.8. The lowest BCUT2D eigenvalue weighted by Gasteiger charge is -2.25. The molecule has 0 saturated carbocycles. The van der Waals surface area contributed by atoms with Crippen molar-refractivity contribution in [3.8, 4) is 0 Å². The smallest absolute Gasteiger partial charge is 0.307 e. The number of hydrogen-bond donors (Lipinski definition) is 0. The number of unbranched alkanes of at least 4 members (excludes halogenated alkanes) is 11. The fourth-order valence-corrected chi connectivity index (χ4v) is 3.40. The van der Waals surface area contributed by atoms with Crippen LogP contribution in [0.1, 0.15) is 118 Å². The van der Waals surface area contributed by atoms with Crippen molar-refractivity contribution in [2.45, 2.75) is 124 Å². The minimum atomic E-state index is -0.101. The average Bonchev–Trinajstić information content (AvgIpc) is 2.65. The SMILES string of the molecule is CCCCCCCC/C=C\CCCCCCCC(=O)OC(C)N(CC)CC. The molecule has 1 atom stereocenters. The second-order valence-electron chi connectivity index (χ2n) is 7.64. The topological polar surface area (TPSA) is 29.5 Å². The molecule has 0 aromatic rings. The van der Waals surface area contributed by atoms with Crippen molar-refractivity contribution in [1.29, 1.82) is 0 Å². The van der Waals surface area contributed by atoms with Gasteiger partial charge in [-0.3, -0.25) is 9.69 Å². The summed E-state index contributed by atoms with van der Waals surface area (Å²) < 4.78 is 5.49. The second kappa shape index (κ2) is 19.9. The molecule has 0 N–H and O–H groups in total. The van der Waals surface area contributed by atoms with Crippen molar-refractivity contribution < 1.29 is 9.53 Å². The van der Waals surface area contributed by atoms with E-state index in [4.69, 9.17) is 4.74 Å². The molecule has 0 aromatic carbocycles. The van der Waals surface area contributed by atoms with Gasteiger partial charge in [-0.05, 0) is 52.1 Å². The molecule has 27 heavy (non-hydrogen) atoms. The first kappa shape index (κ1) is 26.2. The summed E-state index contributed by atoms with van der Waals surface area (Å²) in [6.45, 7) is 10.3. The Hall–Kier alpha value is -0.830. The Morgan fingerprint density at radius 2 is 1.26 bits per heavy atom. The largest absolute Gasteiger partial charge is 0.447 e. The maximum absolute atomic E-state index is 11.9. The van der Waals surface area contributed by atoms with Crippen molar-refractivity contribution in [1.82, 2.24) is 4.90 Å². The van der Waals surface area contributed by atoms with E-state index in [2.05, 4.69) is 37.8 Å². The molecule has 0 aromatic heterocycles. The molecule has 1 unspecified atom stereocenters. The van der Waals surface area contributed by atoms with Gasteiger partial charge in [0.25, 0.3) is 0 Å². The van der Waals surface area contributed by atoms with Crippen LogP contribution in [0.3, 0.4) is 0 Å². The van der Waals surface area contributed by atoms with Crippen LogP contribution in [0.15, 0.2) is 12.2 Å². The van der Waals surface area contributed by atoms with Crippen LogP contribution in [0.25, 0.3) is 0 Å². The highest BCUT2D eigenvalue weighted by molar-refractivity contribution is 5.69. The summed E-state index contributed by atoms with van der Waals surface area (Å²) in [6, 6.07) is 0. The maximum atomic E-state index is 11.9. The zero-order valence-corrected chi connectivity index (χ0v) is 18.8. The molecule has 0 fully saturated rings. The molecule has 0 aliphatic rings.